The van der Waals surface area contributed by atoms with Gasteiger partial charge in [0.2, 0.25) is 0 Å². The minimum Gasteiger partial charge on any atom is -0.310 e. The van der Waals surface area contributed by atoms with Crippen LogP contribution >= 0.6 is 11.3 Å². The van der Waals surface area contributed by atoms with Gasteiger partial charge in [-0.1, -0.05) is 218 Å². The zero-order valence-electron chi connectivity index (χ0n) is 37.7. The first-order chi connectivity index (χ1) is 34.2. The SMILES string of the molecule is c1ccc(-c2ccccc2-c2c(-c3ccccc3)cccc2N(c2ccc(-c3ccc4c(c3)sc3ccccc34)cc2)c2ccc3c(c2)C2(c4ccccc4-c4ccccc42)c2ccccc2-3)cc1. The zero-order chi connectivity index (χ0) is 45.5. The maximum absolute atomic E-state index is 2.52. The molecular weight excluding hydrogens is 851 g/mol. The Labute approximate surface area is 406 Å². The summed E-state index contributed by atoms with van der Waals surface area (Å²) in [6.45, 7) is 0. The predicted molar refractivity (Wildman–Crippen MR) is 292 cm³/mol. The van der Waals surface area contributed by atoms with Crippen LogP contribution in [0.15, 0.2) is 261 Å². The summed E-state index contributed by atoms with van der Waals surface area (Å²) in [7, 11) is 0. The molecule has 1 heterocycles. The van der Waals surface area contributed by atoms with Gasteiger partial charge in [-0.25, -0.2) is 0 Å². The van der Waals surface area contributed by atoms with E-state index in [-0.39, 0.29) is 0 Å². The third-order valence-corrected chi connectivity index (χ3v) is 15.9. The van der Waals surface area contributed by atoms with E-state index in [1.54, 1.807) is 0 Å². The van der Waals surface area contributed by atoms with Crippen LogP contribution in [0, 0.1) is 0 Å². The van der Waals surface area contributed by atoms with Crippen molar-refractivity contribution in [1.29, 1.82) is 0 Å². The van der Waals surface area contributed by atoms with Gasteiger partial charge in [0, 0.05) is 37.1 Å². The summed E-state index contributed by atoms with van der Waals surface area (Å²) in [6.07, 6.45) is 0. The van der Waals surface area contributed by atoms with E-state index in [4.69, 9.17) is 0 Å². The van der Waals surface area contributed by atoms with Gasteiger partial charge in [0.1, 0.15) is 0 Å². The molecule has 2 aliphatic carbocycles. The van der Waals surface area contributed by atoms with Crippen molar-refractivity contribution in [3.05, 3.63) is 283 Å². The molecule has 69 heavy (non-hydrogen) atoms. The summed E-state index contributed by atoms with van der Waals surface area (Å²) in [5, 5.41) is 2.63. The highest BCUT2D eigenvalue weighted by atomic mass is 32.1. The van der Waals surface area contributed by atoms with Crippen molar-refractivity contribution in [1.82, 2.24) is 0 Å². The molecule has 2 aliphatic rings. The van der Waals surface area contributed by atoms with Crippen LogP contribution in [0.3, 0.4) is 0 Å². The highest BCUT2D eigenvalue weighted by molar-refractivity contribution is 7.25. The van der Waals surface area contributed by atoms with E-state index in [0.29, 0.717) is 0 Å². The smallest absolute Gasteiger partial charge is 0.0726 e. The van der Waals surface area contributed by atoms with Gasteiger partial charge in [-0.15, -0.1) is 11.3 Å². The largest absolute Gasteiger partial charge is 0.310 e. The lowest BCUT2D eigenvalue weighted by molar-refractivity contribution is 0.793. The lowest BCUT2D eigenvalue weighted by Crippen LogP contribution is -2.26. The molecule has 1 nitrogen and oxygen atoms in total. The van der Waals surface area contributed by atoms with Gasteiger partial charge in [-0.05, 0) is 126 Å². The summed E-state index contributed by atoms with van der Waals surface area (Å²) >= 11 is 1.87. The molecule has 322 valence electrons. The molecule has 11 aromatic carbocycles. The summed E-state index contributed by atoms with van der Waals surface area (Å²) < 4.78 is 2.63. The van der Waals surface area contributed by atoms with Gasteiger partial charge in [-0.2, -0.15) is 0 Å². The molecule has 0 aliphatic heterocycles. The van der Waals surface area contributed by atoms with Gasteiger partial charge in [-0.3, -0.25) is 0 Å². The molecule has 0 amide bonds. The molecule has 0 saturated carbocycles. The number of thiophene rings is 1. The third-order valence-electron chi connectivity index (χ3n) is 14.7. The maximum Gasteiger partial charge on any atom is 0.0726 e. The van der Waals surface area contributed by atoms with Crippen LogP contribution in [0.2, 0.25) is 0 Å². The van der Waals surface area contributed by atoms with Crippen LogP contribution < -0.4 is 4.90 Å². The summed E-state index contributed by atoms with van der Waals surface area (Å²) in [5.74, 6) is 0. The number of hydrogen-bond acceptors (Lipinski definition) is 2. The lowest BCUT2D eigenvalue weighted by Gasteiger charge is -2.33. The fraction of sp³-hybridized carbons (Fsp3) is 0.0149. The van der Waals surface area contributed by atoms with E-state index in [1.807, 2.05) is 11.3 Å². The van der Waals surface area contributed by atoms with Crippen molar-refractivity contribution >= 4 is 48.6 Å². The fourth-order valence-electron chi connectivity index (χ4n) is 11.8. The van der Waals surface area contributed by atoms with Crippen molar-refractivity contribution in [3.63, 3.8) is 0 Å². The highest BCUT2D eigenvalue weighted by Gasteiger charge is 2.51. The van der Waals surface area contributed by atoms with E-state index >= 15 is 0 Å². The Kier molecular flexibility index (Phi) is 9.05. The topological polar surface area (TPSA) is 3.24 Å². The van der Waals surface area contributed by atoms with Crippen molar-refractivity contribution < 1.29 is 0 Å². The Morgan fingerprint density at radius 2 is 0.768 bits per heavy atom. The molecule has 12 aromatic rings. The van der Waals surface area contributed by atoms with Crippen molar-refractivity contribution in [3.8, 4) is 66.8 Å². The molecule has 1 spiro atoms. The summed E-state index contributed by atoms with van der Waals surface area (Å²) in [5.41, 5.74) is 22.8. The monoisotopic (exact) mass is 893 g/mol. The molecule has 2 heteroatoms. The van der Waals surface area contributed by atoms with Crippen molar-refractivity contribution in [2.24, 2.45) is 0 Å². The molecule has 14 rings (SSSR count). The minimum absolute atomic E-state index is 0.482. The first-order valence-electron chi connectivity index (χ1n) is 23.8. The zero-order valence-corrected chi connectivity index (χ0v) is 38.5. The molecule has 0 atom stereocenters. The normalized spacial score (nSPS) is 12.8. The van der Waals surface area contributed by atoms with Gasteiger partial charge >= 0.3 is 0 Å². The molecule has 1 aromatic heterocycles. The Balaban J connectivity index is 1.03. The standard InChI is InChI=1S/C67H43NS/c1-3-18-45(19-4-1)50-22-7-8-27-58(50)66-51(46-20-5-2-6-21-46)28-17-32-63(66)68(48-37-34-44(35-38-48)47-36-40-57-56-26-12-16-33-64(56)69-65(57)42-47)49-39-41-55-54-25-11-15-31-61(54)67(62(55)43-49)59-29-13-9-23-52(59)53-24-10-14-30-60(53)67/h1-43H. The van der Waals surface area contributed by atoms with Crippen LogP contribution in [0.4, 0.5) is 17.1 Å². The van der Waals surface area contributed by atoms with E-state index in [9.17, 15) is 0 Å². The average Bonchev–Trinajstić information content (AvgIpc) is 4.05. The lowest BCUT2D eigenvalue weighted by atomic mass is 9.70. The Morgan fingerprint density at radius 3 is 1.43 bits per heavy atom. The first-order valence-corrected chi connectivity index (χ1v) is 24.6. The molecule has 0 radical (unpaired) electrons. The van der Waals surface area contributed by atoms with E-state index in [0.717, 1.165) is 17.1 Å². The van der Waals surface area contributed by atoms with Crippen LogP contribution in [0.5, 0.6) is 0 Å². The molecule has 0 fully saturated rings. The quantitative estimate of drug-likeness (QED) is 0.154. The van der Waals surface area contributed by atoms with E-state index in [2.05, 4.69) is 266 Å². The van der Waals surface area contributed by atoms with E-state index < -0.39 is 5.41 Å². The second-order valence-electron chi connectivity index (χ2n) is 18.3. The molecule has 0 bridgehead atoms. The van der Waals surface area contributed by atoms with Gasteiger partial charge in [0.15, 0.2) is 0 Å². The average molecular weight is 894 g/mol. The number of anilines is 3. The number of benzene rings is 11. The molecule has 0 N–H and O–H groups in total. The van der Waals surface area contributed by atoms with Crippen LogP contribution in [-0.4, -0.2) is 0 Å². The van der Waals surface area contributed by atoms with Crippen LogP contribution in [0.1, 0.15) is 22.3 Å². The number of fused-ring (bicyclic) bond motifs is 13. The van der Waals surface area contributed by atoms with Crippen molar-refractivity contribution in [2.45, 2.75) is 5.41 Å². The molecular formula is C67H43NS. The third kappa shape index (κ3) is 6.02. The maximum atomic E-state index is 2.52. The van der Waals surface area contributed by atoms with Crippen LogP contribution in [0.25, 0.3) is 86.9 Å². The highest BCUT2D eigenvalue weighted by Crippen LogP contribution is 2.63. The number of nitrogens with zero attached hydrogens (tertiary/aromatic N) is 1. The Morgan fingerprint density at radius 1 is 0.275 bits per heavy atom. The molecule has 0 unspecified atom stereocenters. The van der Waals surface area contributed by atoms with Gasteiger partial charge in [0.05, 0.1) is 11.1 Å². The number of hydrogen-bond donors (Lipinski definition) is 0. The second-order valence-corrected chi connectivity index (χ2v) is 19.4. The van der Waals surface area contributed by atoms with Gasteiger partial charge < -0.3 is 4.90 Å². The van der Waals surface area contributed by atoms with Crippen molar-refractivity contribution in [2.75, 3.05) is 4.90 Å². The molecule has 0 saturated heterocycles. The Hall–Kier alpha value is -8.56. The van der Waals surface area contributed by atoms with Crippen LogP contribution in [-0.2, 0) is 5.41 Å². The van der Waals surface area contributed by atoms with E-state index in [1.165, 1.54) is 109 Å². The summed E-state index contributed by atoms with van der Waals surface area (Å²) in [4.78, 5) is 2.52. The Bertz CT molecular complexity index is 3890. The summed E-state index contributed by atoms with van der Waals surface area (Å²) in [6, 6.07) is 97.0. The predicted octanol–water partition coefficient (Wildman–Crippen LogP) is 18.5. The fourth-order valence-corrected chi connectivity index (χ4v) is 12.9. The first kappa shape index (κ1) is 39.6. The number of rotatable bonds is 7. The van der Waals surface area contributed by atoms with Gasteiger partial charge in [0.25, 0.3) is 0 Å². The minimum atomic E-state index is -0.482. The second kappa shape index (κ2) is 15.8.